The van der Waals surface area contributed by atoms with Gasteiger partial charge in [-0.05, 0) is 30.6 Å². The zero-order valence-corrected chi connectivity index (χ0v) is 21.7. The van der Waals surface area contributed by atoms with Gasteiger partial charge in [0.1, 0.15) is 5.82 Å². The van der Waals surface area contributed by atoms with Gasteiger partial charge in [0.15, 0.2) is 0 Å². The van der Waals surface area contributed by atoms with E-state index < -0.39 is 0 Å². The molecule has 0 N–H and O–H groups in total. The van der Waals surface area contributed by atoms with Crippen molar-refractivity contribution in [2.45, 2.75) is 13.0 Å². The van der Waals surface area contributed by atoms with E-state index in [1.807, 2.05) is 22.4 Å². The Bertz CT molecular complexity index is 1190. The summed E-state index contributed by atoms with van der Waals surface area (Å²) in [6.07, 6.45) is 0.771. The van der Waals surface area contributed by atoms with Crippen molar-refractivity contribution < 1.29 is 4.79 Å². The van der Waals surface area contributed by atoms with E-state index in [1.165, 1.54) is 17.0 Å². The molecule has 36 heavy (non-hydrogen) atoms. The van der Waals surface area contributed by atoms with Crippen LogP contribution in [0, 0.1) is 0 Å². The van der Waals surface area contributed by atoms with Crippen LogP contribution in [0.1, 0.15) is 20.9 Å². The number of anilines is 3. The Balaban J connectivity index is 1.26. The molecule has 2 fully saturated rings. The Labute approximate surface area is 216 Å². The molecule has 0 bridgehead atoms. The largest absolute Gasteiger partial charge is 0.368 e. The van der Waals surface area contributed by atoms with E-state index in [0.717, 1.165) is 86.7 Å². The number of amides is 1. The van der Waals surface area contributed by atoms with Crippen molar-refractivity contribution in [3.05, 3.63) is 64.0 Å². The van der Waals surface area contributed by atoms with Crippen LogP contribution in [0.3, 0.4) is 0 Å². The highest BCUT2D eigenvalue weighted by molar-refractivity contribution is 7.12. The molecular weight excluding hydrogens is 470 g/mol. The second-order valence-corrected chi connectivity index (χ2v) is 10.8. The molecule has 1 aromatic carbocycles. The third-order valence-corrected chi connectivity index (χ3v) is 8.39. The lowest BCUT2D eigenvalue weighted by molar-refractivity contribution is 0.0738. The van der Waals surface area contributed by atoms with Gasteiger partial charge in [0, 0.05) is 76.6 Å². The van der Waals surface area contributed by atoms with Crippen LogP contribution >= 0.6 is 11.3 Å². The lowest BCUT2D eigenvalue weighted by atomic mass is 10.0. The van der Waals surface area contributed by atoms with Gasteiger partial charge >= 0.3 is 0 Å². The third-order valence-electron chi connectivity index (χ3n) is 7.53. The zero-order chi connectivity index (χ0) is 24.5. The second kappa shape index (κ2) is 10.1. The average Bonchev–Trinajstić information content (AvgIpc) is 3.48. The molecule has 0 atom stereocenters. The lowest BCUT2D eigenvalue weighted by Crippen LogP contribution is -2.48. The highest BCUT2D eigenvalue weighted by Crippen LogP contribution is 2.31. The van der Waals surface area contributed by atoms with Crippen LogP contribution < -0.4 is 14.7 Å². The molecular formula is C27H33N7OS. The van der Waals surface area contributed by atoms with Crippen LogP contribution in [0.15, 0.2) is 47.8 Å². The normalized spacial score (nSPS) is 18.9. The molecule has 0 unspecified atom stereocenters. The second-order valence-electron chi connectivity index (χ2n) is 9.83. The topological polar surface area (TPSA) is 59.1 Å². The molecule has 9 heteroatoms. The summed E-state index contributed by atoms with van der Waals surface area (Å²) in [5, 5.41) is 1.97. The van der Waals surface area contributed by atoms with E-state index in [-0.39, 0.29) is 5.91 Å². The standard InChI is InChI=1S/C27H33N7OS/c1-30-11-13-32(14-12-30)25-22-20-34(26(35)24-8-5-19-36-24)10-9-23(22)28-27(29-25)33-17-15-31(16-18-33)21-6-3-2-4-7-21/h2-8,19H,9-18,20H2,1H3. The summed E-state index contributed by atoms with van der Waals surface area (Å²) in [5.74, 6) is 1.98. The number of carbonyl (C=O) groups is 1. The van der Waals surface area contributed by atoms with E-state index in [1.54, 1.807) is 0 Å². The number of hydrogen-bond donors (Lipinski definition) is 0. The predicted molar refractivity (Wildman–Crippen MR) is 145 cm³/mol. The Morgan fingerprint density at radius 3 is 2.25 bits per heavy atom. The summed E-state index contributed by atoms with van der Waals surface area (Å²) < 4.78 is 0. The maximum Gasteiger partial charge on any atom is 0.264 e. The summed E-state index contributed by atoms with van der Waals surface area (Å²) in [4.78, 5) is 35.7. The first-order chi connectivity index (χ1) is 17.7. The average molecular weight is 504 g/mol. The molecule has 0 saturated carbocycles. The number of rotatable bonds is 4. The smallest absolute Gasteiger partial charge is 0.264 e. The molecule has 3 aliphatic heterocycles. The van der Waals surface area contributed by atoms with Crippen LogP contribution in [-0.2, 0) is 13.0 Å². The molecule has 8 nitrogen and oxygen atoms in total. The minimum atomic E-state index is 0.112. The van der Waals surface area contributed by atoms with Crippen molar-refractivity contribution in [1.29, 1.82) is 0 Å². The zero-order valence-electron chi connectivity index (χ0n) is 20.8. The number of likely N-dealkylation sites (N-methyl/N-ethyl adjacent to an activating group) is 1. The van der Waals surface area contributed by atoms with E-state index in [4.69, 9.17) is 9.97 Å². The number of fused-ring (bicyclic) bond motifs is 1. The van der Waals surface area contributed by atoms with Crippen molar-refractivity contribution in [3.8, 4) is 0 Å². The van der Waals surface area contributed by atoms with Gasteiger partial charge in [0.25, 0.3) is 5.91 Å². The summed E-state index contributed by atoms with van der Waals surface area (Å²) in [6, 6.07) is 14.5. The lowest BCUT2D eigenvalue weighted by Gasteiger charge is -2.39. The first-order valence-electron chi connectivity index (χ1n) is 12.9. The highest BCUT2D eigenvalue weighted by atomic mass is 32.1. The summed E-state index contributed by atoms with van der Waals surface area (Å²) >= 11 is 1.51. The van der Waals surface area contributed by atoms with Crippen LogP contribution in [0.2, 0.25) is 0 Å². The number of piperazine rings is 2. The first kappa shape index (κ1) is 23.2. The number of aromatic nitrogens is 2. The van der Waals surface area contributed by atoms with Crippen LogP contribution in [0.5, 0.6) is 0 Å². The Kier molecular flexibility index (Phi) is 6.50. The van der Waals surface area contributed by atoms with E-state index in [9.17, 15) is 4.79 Å². The van der Waals surface area contributed by atoms with Gasteiger partial charge in [0.2, 0.25) is 5.95 Å². The number of benzene rings is 1. The van der Waals surface area contributed by atoms with Gasteiger partial charge in [0.05, 0.1) is 17.1 Å². The molecule has 0 radical (unpaired) electrons. The SMILES string of the molecule is CN1CCN(c2nc(N3CCN(c4ccccc4)CC3)nc3c2CN(C(=O)c2cccs2)CC3)CC1. The fourth-order valence-electron chi connectivity index (χ4n) is 5.34. The summed E-state index contributed by atoms with van der Waals surface area (Å²) in [6.45, 7) is 8.91. The molecule has 188 valence electrons. The minimum Gasteiger partial charge on any atom is -0.368 e. The Morgan fingerprint density at radius 2 is 1.53 bits per heavy atom. The Hall–Kier alpha value is -3.17. The molecule has 1 amide bonds. The fraction of sp³-hybridized carbons (Fsp3) is 0.444. The number of para-hydroxylation sites is 1. The van der Waals surface area contributed by atoms with Crippen molar-refractivity contribution in [2.24, 2.45) is 0 Å². The monoisotopic (exact) mass is 503 g/mol. The van der Waals surface area contributed by atoms with Gasteiger partial charge in [-0.25, -0.2) is 4.98 Å². The maximum absolute atomic E-state index is 13.1. The quantitative estimate of drug-likeness (QED) is 0.543. The molecule has 3 aromatic rings. The molecule has 0 aliphatic carbocycles. The number of thiophene rings is 1. The van der Waals surface area contributed by atoms with Crippen molar-refractivity contribution in [1.82, 2.24) is 19.8 Å². The Morgan fingerprint density at radius 1 is 0.806 bits per heavy atom. The number of nitrogens with zero attached hydrogens (tertiary/aromatic N) is 7. The van der Waals surface area contributed by atoms with Crippen molar-refractivity contribution >= 4 is 34.7 Å². The van der Waals surface area contributed by atoms with Crippen LogP contribution in [0.25, 0.3) is 0 Å². The molecule has 5 heterocycles. The first-order valence-corrected chi connectivity index (χ1v) is 13.7. The fourth-order valence-corrected chi connectivity index (χ4v) is 6.03. The van der Waals surface area contributed by atoms with Gasteiger partial charge in [-0.15, -0.1) is 11.3 Å². The molecule has 6 rings (SSSR count). The van der Waals surface area contributed by atoms with Gasteiger partial charge < -0.3 is 24.5 Å². The molecule has 0 spiro atoms. The third kappa shape index (κ3) is 4.65. The van der Waals surface area contributed by atoms with Crippen molar-refractivity contribution in [2.75, 3.05) is 80.7 Å². The molecule has 2 saturated heterocycles. The van der Waals surface area contributed by atoms with Gasteiger partial charge in [-0.3, -0.25) is 4.79 Å². The van der Waals surface area contributed by atoms with E-state index in [0.29, 0.717) is 13.1 Å². The minimum absolute atomic E-state index is 0.112. The molecule has 3 aliphatic rings. The molecule has 2 aromatic heterocycles. The van der Waals surface area contributed by atoms with E-state index in [2.05, 4.69) is 57.0 Å². The number of hydrogen-bond acceptors (Lipinski definition) is 8. The predicted octanol–water partition coefficient (Wildman–Crippen LogP) is 2.82. The highest BCUT2D eigenvalue weighted by Gasteiger charge is 2.31. The summed E-state index contributed by atoms with van der Waals surface area (Å²) in [7, 11) is 2.17. The van der Waals surface area contributed by atoms with Gasteiger partial charge in [-0.1, -0.05) is 24.3 Å². The van der Waals surface area contributed by atoms with E-state index >= 15 is 0 Å². The van der Waals surface area contributed by atoms with Crippen LogP contribution in [0.4, 0.5) is 17.5 Å². The van der Waals surface area contributed by atoms with Crippen LogP contribution in [-0.4, -0.2) is 91.6 Å². The number of carbonyl (C=O) groups excluding carboxylic acids is 1. The summed E-state index contributed by atoms with van der Waals surface area (Å²) in [5.41, 5.74) is 3.51. The van der Waals surface area contributed by atoms with Gasteiger partial charge in [-0.2, -0.15) is 4.98 Å². The van der Waals surface area contributed by atoms with Crippen molar-refractivity contribution in [3.63, 3.8) is 0 Å². The maximum atomic E-state index is 13.1.